The highest BCUT2D eigenvalue weighted by Gasteiger charge is 2.22. The monoisotopic (exact) mass is 244 g/mol. The highest BCUT2D eigenvalue weighted by Crippen LogP contribution is 2.34. The summed E-state index contributed by atoms with van der Waals surface area (Å²) >= 11 is 0. The Bertz CT molecular complexity index is 559. The Hall–Kier alpha value is -1.97. The molecule has 1 aliphatic carbocycles. The molecule has 94 valence electrons. The zero-order chi connectivity index (χ0) is 12.5. The van der Waals surface area contributed by atoms with Crippen molar-refractivity contribution >= 4 is 5.88 Å². The normalized spacial score (nSPS) is 14.7. The Balaban J connectivity index is 1.91. The summed E-state index contributed by atoms with van der Waals surface area (Å²) in [5.74, 6) is 1.89. The lowest BCUT2D eigenvalue weighted by molar-refractivity contribution is 0.300. The molecule has 0 unspecified atom stereocenters. The van der Waals surface area contributed by atoms with Gasteiger partial charge in [0.05, 0.1) is 6.61 Å². The highest BCUT2D eigenvalue weighted by atomic mass is 16.5. The number of benzene rings is 1. The quantitative estimate of drug-likeness (QED) is 0.898. The number of aromatic nitrogens is 1. The smallest absolute Gasteiger partial charge is 0.222 e. The molecule has 0 atom stereocenters. The Morgan fingerprint density at radius 2 is 2.22 bits per heavy atom. The van der Waals surface area contributed by atoms with E-state index < -0.39 is 0 Å². The predicted octanol–water partition coefficient (Wildman–Crippen LogP) is 3.02. The first kappa shape index (κ1) is 11.1. The largest absolute Gasteiger partial charge is 0.493 e. The molecule has 3 rings (SSSR count). The van der Waals surface area contributed by atoms with E-state index in [1.165, 1.54) is 12.8 Å². The first-order valence-corrected chi connectivity index (χ1v) is 6.18. The van der Waals surface area contributed by atoms with Crippen LogP contribution in [0.1, 0.15) is 18.4 Å². The van der Waals surface area contributed by atoms with Crippen LogP contribution in [0.3, 0.4) is 0 Å². The second-order valence-electron chi connectivity index (χ2n) is 4.87. The minimum atomic E-state index is 0.319. The number of nitrogen functional groups attached to an aromatic ring is 1. The average molecular weight is 244 g/mol. The molecular weight excluding hydrogens is 228 g/mol. The Morgan fingerprint density at radius 1 is 1.39 bits per heavy atom. The predicted molar refractivity (Wildman–Crippen MR) is 69.3 cm³/mol. The van der Waals surface area contributed by atoms with Crippen LogP contribution >= 0.6 is 0 Å². The SMILES string of the molecule is Cc1ccc(OCC2CC2)c(-c2cc(N)on2)c1. The van der Waals surface area contributed by atoms with Crippen molar-refractivity contribution in [2.75, 3.05) is 12.3 Å². The van der Waals surface area contributed by atoms with Crippen LogP contribution in [0.25, 0.3) is 11.3 Å². The third-order valence-electron chi connectivity index (χ3n) is 3.11. The van der Waals surface area contributed by atoms with Crippen molar-refractivity contribution in [2.45, 2.75) is 19.8 Å². The Morgan fingerprint density at radius 3 is 2.89 bits per heavy atom. The van der Waals surface area contributed by atoms with Gasteiger partial charge >= 0.3 is 0 Å². The highest BCUT2D eigenvalue weighted by molar-refractivity contribution is 5.69. The molecule has 1 aromatic carbocycles. The molecule has 1 fully saturated rings. The second-order valence-corrected chi connectivity index (χ2v) is 4.87. The van der Waals surface area contributed by atoms with Gasteiger partial charge in [-0.1, -0.05) is 16.8 Å². The molecule has 1 saturated carbocycles. The van der Waals surface area contributed by atoms with Crippen molar-refractivity contribution in [2.24, 2.45) is 5.92 Å². The van der Waals surface area contributed by atoms with Crippen molar-refractivity contribution in [3.63, 3.8) is 0 Å². The first-order chi connectivity index (χ1) is 8.72. The third kappa shape index (κ3) is 2.32. The zero-order valence-electron chi connectivity index (χ0n) is 10.3. The Kier molecular flexibility index (Phi) is 2.70. The molecular formula is C14H16N2O2. The van der Waals surface area contributed by atoms with Gasteiger partial charge in [0, 0.05) is 11.6 Å². The van der Waals surface area contributed by atoms with E-state index in [-0.39, 0.29) is 0 Å². The lowest BCUT2D eigenvalue weighted by Crippen LogP contribution is -2.00. The van der Waals surface area contributed by atoms with Gasteiger partial charge in [0.15, 0.2) is 0 Å². The molecule has 2 aromatic rings. The molecule has 2 N–H and O–H groups in total. The maximum atomic E-state index is 5.86. The van der Waals surface area contributed by atoms with Gasteiger partial charge in [-0.05, 0) is 37.8 Å². The van der Waals surface area contributed by atoms with Gasteiger partial charge in [-0.2, -0.15) is 0 Å². The van der Waals surface area contributed by atoms with Gasteiger partial charge in [0.25, 0.3) is 0 Å². The van der Waals surface area contributed by atoms with E-state index in [4.69, 9.17) is 15.0 Å². The molecule has 1 aliphatic rings. The van der Waals surface area contributed by atoms with E-state index in [2.05, 4.69) is 5.16 Å². The summed E-state index contributed by atoms with van der Waals surface area (Å²) in [6.07, 6.45) is 2.55. The summed E-state index contributed by atoms with van der Waals surface area (Å²) in [4.78, 5) is 0. The molecule has 0 amide bonds. The fourth-order valence-corrected chi connectivity index (χ4v) is 1.88. The first-order valence-electron chi connectivity index (χ1n) is 6.18. The summed E-state index contributed by atoms with van der Waals surface area (Å²) in [6.45, 7) is 2.82. The number of rotatable bonds is 4. The maximum absolute atomic E-state index is 5.86. The van der Waals surface area contributed by atoms with E-state index in [1.807, 2.05) is 25.1 Å². The minimum Gasteiger partial charge on any atom is -0.493 e. The second kappa shape index (κ2) is 4.37. The molecule has 18 heavy (non-hydrogen) atoms. The number of hydrogen-bond donors (Lipinski definition) is 1. The number of aryl methyl sites for hydroxylation is 1. The number of ether oxygens (including phenoxy) is 1. The summed E-state index contributed by atoms with van der Waals surface area (Å²) in [5, 5.41) is 3.95. The van der Waals surface area contributed by atoms with Crippen LogP contribution in [-0.4, -0.2) is 11.8 Å². The summed E-state index contributed by atoms with van der Waals surface area (Å²) in [7, 11) is 0. The van der Waals surface area contributed by atoms with Crippen LogP contribution in [0.2, 0.25) is 0 Å². The van der Waals surface area contributed by atoms with Crippen LogP contribution in [-0.2, 0) is 0 Å². The molecule has 0 saturated heterocycles. The van der Waals surface area contributed by atoms with Crippen LogP contribution in [0.4, 0.5) is 5.88 Å². The molecule has 4 nitrogen and oxygen atoms in total. The van der Waals surface area contributed by atoms with Crippen LogP contribution in [0.15, 0.2) is 28.8 Å². The Labute approximate surface area is 106 Å². The van der Waals surface area contributed by atoms with Crippen molar-refractivity contribution in [3.8, 4) is 17.0 Å². The minimum absolute atomic E-state index is 0.319. The van der Waals surface area contributed by atoms with E-state index in [0.29, 0.717) is 5.88 Å². The standard InChI is InChI=1S/C14H16N2O2/c1-9-2-5-13(17-8-10-3-4-10)11(6-9)12-7-14(15)18-16-12/h2,5-7,10H,3-4,8,15H2,1H3. The van der Waals surface area contributed by atoms with Crippen LogP contribution < -0.4 is 10.5 Å². The van der Waals surface area contributed by atoms with Gasteiger partial charge in [0.1, 0.15) is 11.4 Å². The topological polar surface area (TPSA) is 61.3 Å². The van der Waals surface area contributed by atoms with Crippen LogP contribution in [0, 0.1) is 12.8 Å². The van der Waals surface area contributed by atoms with Gasteiger partial charge in [-0.25, -0.2) is 0 Å². The fourth-order valence-electron chi connectivity index (χ4n) is 1.88. The number of anilines is 1. The number of nitrogens with zero attached hydrogens (tertiary/aromatic N) is 1. The van der Waals surface area contributed by atoms with Gasteiger partial charge in [-0.3, -0.25) is 0 Å². The number of hydrogen-bond acceptors (Lipinski definition) is 4. The average Bonchev–Trinajstić information content (AvgIpc) is 3.09. The van der Waals surface area contributed by atoms with Gasteiger partial charge in [-0.15, -0.1) is 0 Å². The maximum Gasteiger partial charge on any atom is 0.222 e. The van der Waals surface area contributed by atoms with E-state index >= 15 is 0 Å². The van der Waals surface area contributed by atoms with E-state index in [1.54, 1.807) is 6.07 Å². The van der Waals surface area contributed by atoms with E-state index in [0.717, 1.165) is 35.1 Å². The summed E-state index contributed by atoms with van der Waals surface area (Å²) < 4.78 is 10.8. The van der Waals surface area contributed by atoms with Gasteiger partial charge in [0.2, 0.25) is 5.88 Å². The van der Waals surface area contributed by atoms with Gasteiger partial charge < -0.3 is 15.0 Å². The molecule has 0 radical (unpaired) electrons. The molecule has 0 aliphatic heterocycles. The fraction of sp³-hybridized carbons (Fsp3) is 0.357. The summed E-state index contributed by atoms with van der Waals surface area (Å²) in [5.41, 5.74) is 8.39. The molecule has 4 heteroatoms. The third-order valence-corrected chi connectivity index (χ3v) is 3.11. The zero-order valence-corrected chi connectivity index (χ0v) is 10.3. The molecule has 1 heterocycles. The van der Waals surface area contributed by atoms with E-state index in [9.17, 15) is 0 Å². The summed E-state index contributed by atoms with van der Waals surface area (Å²) in [6, 6.07) is 7.78. The number of nitrogens with two attached hydrogens (primary N) is 1. The molecule has 0 spiro atoms. The van der Waals surface area contributed by atoms with Crippen molar-refractivity contribution in [1.82, 2.24) is 5.16 Å². The molecule has 1 aromatic heterocycles. The lowest BCUT2D eigenvalue weighted by Gasteiger charge is -2.10. The van der Waals surface area contributed by atoms with Crippen molar-refractivity contribution in [1.29, 1.82) is 0 Å². The van der Waals surface area contributed by atoms with Crippen molar-refractivity contribution < 1.29 is 9.26 Å². The van der Waals surface area contributed by atoms with Crippen LogP contribution in [0.5, 0.6) is 5.75 Å². The lowest BCUT2D eigenvalue weighted by atomic mass is 10.1. The van der Waals surface area contributed by atoms with Crippen molar-refractivity contribution in [3.05, 3.63) is 29.8 Å². The molecule has 0 bridgehead atoms.